The van der Waals surface area contributed by atoms with Crippen molar-refractivity contribution in [3.05, 3.63) is 0 Å². The van der Waals surface area contributed by atoms with Crippen LogP contribution in [0.15, 0.2) is 0 Å². The summed E-state index contributed by atoms with van der Waals surface area (Å²) in [5.74, 6) is 0.855. The van der Waals surface area contributed by atoms with Gasteiger partial charge in [0.1, 0.15) is 0 Å². The first-order valence-corrected chi connectivity index (χ1v) is 4.59. The van der Waals surface area contributed by atoms with Gasteiger partial charge in [-0.05, 0) is 39.3 Å². The van der Waals surface area contributed by atoms with Crippen molar-refractivity contribution in [1.29, 1.82) is 0 Å². The monoisotopic (exact) mass is 156 g/mol. The first kappa shape index (κ1) is 9.01. The third-order valence-electron chi connectivity index (χ3n) is 2.45. The lowest BCUT2D eigenvalue weighted by Crippen LogP contribution is -2.32. The molecule has 2 nitrogen and oxygen atoms in total. The molecule has 1 saturated carbocycles. The normalized spacial score (nSPS) is 32.7. The van der Waals surface area contributed by atoms with Crippen molar-refractivity contribution in [3.63, 3.8) is 0 Å². The van der Waals surface area contributed by atoms with E-state index < -0.39 is 0 Å². The fraction of sp³-hybridized carbons (Fsp3) is 1.00. The van der Waals surface area contributed by atoms with Crippen molar-refractivity contribution >= 4 is 0 Å². The highest BCUT2D eigenvalue weighted by Gasteiger charge is 2.19. The van der Waals surface area contributed by atoms with Crippen molar-refractivity contribution in [3.8, 4) is 0 Å². The number of rotatable bonds is 2. The van der Waals surface area contributed by atoms with Crippen LogP contribution < -0.4 is 5.73 Å². The molecule has 0 aromatic heterocycles. The molecule has 11 heavy (non-hydrogen) atoms. The van der Waals surface area contributed by atoms with Gasteiger partial charge in [-0.25, -0.2) is 0 Å². The summed E-state index contributed by atoms with van der Waals surface area (Å²) in [6.07, 6.45) is 5.19. The van der Waals surface area contributed by atoms with E-state index in [0.29, 0.717) is 6.04 Å². The molecule has 2 atom stereocenters. The van der Waals surface area contributed by atoms with Gasteiger partial charge in [0.25, 0.3) is 0 Å². The fourth-order valence-electron chi connectivity index (χ4n) is 2.01. The lowest BCUT2D eigenvalue weighted by atomic mass is 9.86. The summed E-state index contributed by atoms with van der Waals surface area (Å²) >= 11 is 0. The Morgan fingerprint density at radius 3 is 2.64 bits per heavy atom. The van der Waals surface area contributed by atoms with Crippen molar-refractivity contribution in [2.24, 2.45) is 11.7 Å². The van der Waals surface area contributed by atoms with E-state index in [1.165, 1.54) is 32.2 Å². The maximum Gasteiger partial charge on any atom is 0.00419 e. The van der Waals surface area contributed by atoms with Gasteiger partial charge in [0.15, 0.2) is 0 Å². The minimum atomic E-state index is 0.480. The molecule has 1 fully saturated rings. The number of hydrogen-bond donors (Lipinski definition) is 1. The summed E-state index contributed by atoms with van der Waals surface area (Å²) in [4.78, 5) is 2.27. The van der Waals surface area contributed by atoms with Gasteiger partial charge in [0.05, 0.1) is 0 Å². The van der Waals surface area contributed by atoms with Gasteiger partial charge in [-0.15, -0.1) is 0 Å². The van der Waals surface area contributed by atoms with Crippen LogP contribution in [-0.4, -0.2) is 31.6 Å². The minimum Gasteiger partial charge on any atom is -0.328 e. The number of hydrogen-bond acceptors (Lipinski definition) is 2. The molecule has 0 saturated heterocycles. The SMILES string of the molecule is CN(C)CC1CCC[C@H](N)C1. The van der Waals surface area contributed by atoms with Crippen molar-refractivity contribution in [1.82, 2.24) is 4.90 Å². The van der Waals surface area contributed by atoms with Gasteiger partial charge in [-0.1, -0.05) is 6.42 Å². The average molecular weight is 156 g/mol. The second-order valence-electron chi connectivity index (χ2n) is 4.05. The predicted molar refractivity (Wildman–Crippen MR) is 48.5 cm³/mol. The number of nitrogens with zero attached hydrogens (tertiary/aromatic N) is 1. The zero-order valence-corrected chi connectivity index (χ0v) is 7.71. The first-order valence-electron chi connectivity index (χ1n) is 4.59. The zero-order valence-electron chi connectivity index (χ0n) is 7.71. The lowest BCUT2D eigenvalue weighted by molar-refractivity contribution is 0.247. The summed E-state index contributed by atoms with van der Waals surface area (Å²) in [5.41, 5.74) is 5.88. The molecule has 0 aromatic carbocycles. The van der Waals surface area contributed by atoms with Gasteiger partial charge < -0.3 is 10.6 Å². The van der Waals surface area contributed by atoms with Crippen LogP contribution in [0.5, 0.6) is 0 Å². The average Bonchev–Trinajstić information content (AvgIpc) is 1.85. The first-order chi connectivity index (χ1) is 5.18. The second-order valence-corrected chi connectivity index (χ2v) is 4.05. The van der Waals surface area contributed by atoms with Crippen molar-refractivity contribution < 1.29 is 0 Å². The molecule has 0 amide bonds. The number of nitrogens with two attached hydrogens (primary N) is 1. The zero-order chi connectivity index (χ0) is 8.27. The maximum atomic E-state index is 5.88. The van der Waals surface area contributed by atoms with E-state index in [1.54, 1.807) is 0 Å². The van der Waals surface area contributed by atoms with E-state index in [0.717, 1.165) is 5.92 Å². The molecule has 1 aliphatic rings. The Kier molecular flexibility index (Phi) is 3.34. The highest BCUT2D eigenvalue weighted by atomic mass is 15.1. The van der Waals surface area contributed by atoms with Gasteiger partial charge in [-0.2, -0.15) is 0 Å². The summed E-state index contributed by atoms with van der Waals surface area (Å²) in [5, 5.41) is 0. The molecular weight excluding hydrogens is 136 g/mol. The van der Waals surface area contributed by atoms with E-state index in [4.69, 9.17) is 5.73 Å². The fourth-order valence-corrected chi connectivity index (χ4v) is 2.01. The van der Waals surface area contributed by atoms with E-state index in [-0.39, 0.29) is 0 Å². The van der Waals surface area contributed by atoms with E-state index >= 15 is 0 Å². The molecule has 1 rings (SSSR count). The molecule has 0 aromatic rings. The second kappa shape index (κ2) is 4.07. The third kappa shape index (κ3) is 3.21. The topological polar surface area (TPSA) is 29.3 Å². The van der Waals surface area contributed by atoms with Gasteiger partial charge in [0, 0.05) is 12.6 Å². The van der Waals surface area contributed by atoms with Crippen LogP contribution in [0.1, 0.15) is 25.7 Å². The molecule has 0 bridgehead atoms. The Morgan fingerprint density at radius 2 is 2.09 bits per heavy atom. The Hall–Kier alpha value is -0.0800. The standard InChI is InChI=1S/C9H20N2/c1-11(2)7-8-4-3-5-9(10)6-8/h8-9H,3-7,10H2,1-2H3/t8?,9-/m0/s1. The molecular formula is C9H20N2. The highest BCUT2D eigenvalue weighted by Crippen LogP contribution is 2.23. The summed E-state index contributed by atoms with van der Waals surface area (Å²) in [6.45, 7) is 1.22. The van der Waals surface area contributed by atoms with Gasteiger partial charge >= 0.3 is 0 Å². The summed E-state index contributed by atoms with van der Waals surface area (Å²) in [7, 11) is 4.28. The largest absolute Gasteiger partial charge is 0.328 e. The Morgan fingerprint density at radius 1 is 1.36 bits per heavy atom. The molecule has 2 heteroatoms. The van der Waals surface area contributed by atoms with Crippen LogP contribution >= 0.6 is 0 Å². The quantitative estimate of drug-likeness (QED) is 0.648. The van der Waals surface area contributed by atoms with Crippen LogP contribution in [0.2, 0.25) is 0 Å². The lowest BCUT2D eigenvalue weighted by Gasteiger charge is -2.28. The summed E-state index contributed by atoms with van der Waals surface area (Å²) in [6, 6.07) is 0.480. The van der Waals surface area contributed by atoms with Crippen LogP contribution in [0.3, 0.4) is 0 Å². The van der Waals surface area contributed by atoms with Crippen LogP contribution in [-0.2, 0) is 0 Å². The van der Waals surface area contributed by atoms with Crippen LogP contribution in [0, 0.1) is 5.92 Å². The molecule has 0 spiro atoms. The van der Waals surface area contributed by atoms with E-state index in [2.05, 4.69) is 19.0 Å². The molecule has 0 heterocycles. The Bertz CT molecular complexity index is 110. The van der Waals surface area contributed by atoms with Crippen molar-refractivity contribution in [2.45, 2.75) is 31.7 Å². The molecule has 2 N–H and O–H groups in total. The minimum absolute atomic E-state index is 0.480. The Balaban J connectivity index is 2.23. The van der Waals surface area contributed by atoms with Gasteiger partial charge in [-0.3, -0.25) is 0 Å². The van der Waals surface area contributed by atoms with E-state index in [1.807, 2.05) is 0 Å². The molecule has 66 valence electrons. The van der Waals surface area contributed by atoms with Crippen LogP contribution in [0.4, 0.5) is 0 Å². The van der Waals surface area contributed by atoms with Gasteiger partial charge in [0.2, 0.25) is 0 Å². The smallest absolute Gasteiger partial charge is 0.00419 e. The molecule has 1 unspecified atom stereocenters. The van der Waals surface area contributed by atoms with Crippen molar-refractivity contribution in [2.75, 3.05) is 20.6 Å². The highest BCUT2D eigenvalue weighted by molar-refractivity contribution is 4.76. The Labute approximate surface area is 69.8 Å². The third-order valence-corrected chi connectivity index (χ3v) is 2.45. The molecule has 0 aliphatic heterocycles. The van der Waals surface area contributed by atoms with Crippen LogP contribution in [0.25, 0.3) is 0 Å². The summed E-state index contributed by atoms with van der Waals surface area (Å²) < 4.78 is 0. The predicted octanol–water partition coefficient (Wildman–Crippen LogP) is 1.07. The van der Waals surface area contributed by atoms with E-state index in [9.17, 15) is 0 Å². The molecule has 1 aliphatic carbocycles. The molecule has 0 radical (unpaired) electrons. The maximum absolute atomic E-state index is 5.88.